The highest BCUT2D eigenvalue weighted by atomic mass is 16.2. The van der Waals surface area contributed by atoms with Gasteiger partial charge in [0.1, 0.15) is 0 Å². The Hall–Kier alpha value is -1.01. The molecule has 3 nitrogen and oxygen atoms in total. The predicted molar refractivity (Wildman–Crippen MR) is 58.5 cm³/mol. The van der Waals surface area contributed by atoms with E-state index < -0.39 is 6.04 Å². The fraction of sp³-hybridized carbons (Fsp3) is 0.727. The van der Waals surface area contributed by atoms with Crippen LogP contribution in [0.2, 0.25) is 0 Å². The van der Waals surface area contributed by atoms with Gasteiger partial charge in [-0.3, -0.25) is 4.79 Å². The Balaban J connectivity index is 4.52. The maximum Gasteiger partial charge on any atom is 0.240 e. The summed E-state index contributed by atoms with van der Waals surface area (Å²) in [6.45, 7) is 8.66. The standard InChI is InChI=1S/C11H20N2O/c1-6-8-13(7-2)10(14)9(12)11(3,4)5/h1,9H,7-8,12H2,2-5H3/t9-/m1/s1. The van der Waals surface area contributed by atoms with Crippen molar-refractivity contribution in [1.82, 2.24) is 4.90 Å². The van der Waals surface area contributed by atoms with Gasteiger partial charge in [0.25, 0.3) is 0 Å². The lowest BCUT2D eigenvalue weighted by Crippen LogP contribution is -2.50. The summed E-state index contributed by atoms with van der Waals surface area (Å²) in [6.07, 6.45) is 5.17. The molecule has 2 N–H and O–H groups in total. The Morgan fingerprint density at radius 1 is 1.57 bits per heavy atom. The van der Waals surface area contributed by atoms with E-state index >= 15 is 0 Å². The number of amides is 1. The lowest BCUT2D eigenvalue weighted by Gasteiger charge is -2.30. The van der Waals surface area contributed by atoms with Gasteiger partial charge in [0.05, 0.1) is 12.6 Å². The van der Waals surface area contributed by atoms with Gasteiger partial charge in [-0.05, 0) is 12.3 Å². The van der Waals surface area contributed by atoms with E-state index in [1.165, 1.54) is 0 Å². The van der Waals surface area contributed by atoms with E-state index in [9.17, 15) is 4.79 Å². The summed E-state index contributed by atoms with van der Waals surface area (Å²) in [5, 5.41) is 0. The molecule has 0 saturated carbocycles. The van der Waals surface area contributed by atoms with E-state index in [0.29, 0.717) is 13.1 Å². The van der Waals surface area contributed by atoms with Crippen LogP contribution in [0.15, 0.2) is 0 Å². The van der Waals surface area contributed by atoms with E-state index in [4.69, 9.17) is 12.2 Å². The lowest BCUT2D eigenvalue weighted by atomic mass is 9.86. The van der Waals surface area contributed by atoms with Crippen molar-refractivity contribution in [3.8, 4) is 12.3 Å². The van der Waals surface area contributed by atoms with Crippen molar-refractivity contribution in [3.63, 3.8) is 0 Å². The van der Waals surface area contributed by atoms with Gasteiger partial charge in [0.15, 0.2) is 0 Å². The Morgan fingerprint density at radius 3 is 2.36 bits per heavy atom. The molecule has 0 bridgehead atoms. The molecule has 1 amide bonds. The summed E-state index contributed by atoms with van der Waals surface area (Å²) in [5.74, 6) is 2.38. The second kappa shape index (κ2) is 5.02. The molecule has 3 heteroatoms. The zero-order valence-electron chi connectivity index (χ0n) is 9.50. The molecule has 0 spiro atoms. The third-order valence-corrected chi connectivity index (χ3v) is 2.17. The van der Waals surface area contributed by atoms with Crippen LogP contribution in [0.3, 0.4) is 0 Å². The van der Waals surface area contributed by atoms with Crippen molar-refractivity contribution in [3.05, 3.63) is 0 Å². The average Bonchev–Trinajstić information content (AvgIpc) is 2.10. The maximum absolute atomic E-state index is 11.8. The van der Waals surface area contributed by atoms with Crippen LogP contribution < -0.4 is 5.73 Å². The summed E-state index contributed by atoms with van der Waals surface area (Å²) in [7, 11) is 0. The Morgan fingerprint density at radius 2 is 2.07 bits per heavy atom. The van der Waals surface area contributed by atoms with Crippen LogP contribution in [0.4, 0.5) is 0 Å². The fourth-order valence-corrected chi connectivity index (χ4v) is 1.02. The summed E-state index contributed by atoms with van der Waals surface area (Å²) in [4.78, 5) is 13.4. The van der Waals surface area contributed by atoms with Gasteiger partial charge in [0, 0.05) is 6.54 Å². The van der Waals surface area contributed by atoms with Gasteiger partial charge in [-0.2, -0.15) is 0 Å². The number of rotatable bonds is 3. The first-order chi connectivity index (χ1) is 6.34. The third-order valence-electron chi connectivity index (χ3n) is 2.17. The topological polar surface area (TPSA) is 46.3 Å². The molecule has 0 aromatic carbocycles. The number of carbonyl (C=O) groups is 1. The molecule has 0 saturated heterocycles. The summed E-state index contributed by atoms with van der Waals surface area (Å²) >= 11 is 0. The number of terminal acetylenes is 1. The van der Waals surface area contributed by atoms with Crippen LogP contribution in [0.5, 0.6) is 0 Å². The minimum atomic E-state index is -0.490. The number of hydrogen-bond donors (Lipinski definition) is 1. The molecule has 0 rings (SSSR count). The second-order valence-corrected chi connectivity index (χ2v) is 4.40. The SMILES string of the molecule is C#CCN(CC)C(=O)[C@@H](N)C(C)(C)C. The Kier molecular flexibility index (Phi) is 4.65. The zero-order valence-corrected chi connectivity index (χ0v) is 9.50. The first-order valence-electron chi connectivity index (χ1n) is 4.82. The monoisotopic (exact) mass is 196 g/mol. The molecule has 0 heterocycles. The van der Waals surface area contributed by atoms with Crippen LogP contribution in [0.25, 0.3) is 0 Å². The van der Waals surface area contributed by atoms with Gasteiger partial charge in [-0.15, -0.1) is 6.42 Å². The number of nitrogens with zero attached hydrogens (tertiary/aromatic N) is 1. The number of hydrogen-bond acceptors (Lipinski definition) is 2. The molecule has 0 aliphatic carbocycles. The first-order valence-corrected chi connectivity index (χ1v) is 4.82. The molecule has 0 aliphatic heterocycles. The smallest absolute Gasteiger partial charge is 0.240 e. The van der Waals surface area contributed by atoms with Crippen molar-refractivity contribution in [2.24, 2.45) is 11.1 Å². The first kappa shape index (κ1) is 13.0. The molecular weight excluding hydrogens is 176 g/mol. The highest BCUT2D eigenvalue weighted by Gasteiger charge is 2.30. The van der Waals surface area contributed by atoms with Crippen molar-refractivity contribution in [1.29, 1.82) is 0 Å². The predicted octanol–water partition coefficient (Wildman–Crippen LogP) is 0.841. The molecule has 14 heavy (non-hydrogen) atoms. The van der Waals surface area contributed by atoms with E-state index in [0.717, 1.165) is 0 Å². The Labute approximate surface area is 86.6 Å². The molecule has 80 valence electrons. The quantitative estimate of drug-likeness (QED) is 0.680. The van der Waals surface area contributed by atoms with Gasteiger partial charge >= 0.3 is 0 Å². The van der Waals surface area contributed by atoms with Crippen LogP contribution in [-0.2, 0) is 4.79 Å². The summed E-state index contributed by atoms with van der Waals surface area (Å²) in [6, 6.07) is -0.490. The summed E-state index contributed by atoms with van der Waals surface area (Å²) in [5.41, 5.74) is 5.62. The van der Waals surface area contributed by atoms with Gasteiger partial charge < -0.3 is 10.6 Å². The molecule has 0 unspecified atom stereocenters. The Bertz CT molecular complexity index is 235. The van der Waals surface area contributed by atoms with E-state index in [2.05, 4.69) is 5.92 Å². The highest BCUT2D eigenvalue weighted by molar-refractivity contribution is 5.82. The van der Waals surface area contributed by atoms with Gasteiger partial charge in [0.2, 0.25) is 5.91 Å². The molecule has 0 aromatic rings. The normalized spacial score (nSPS) is 13.1. The van der Waals surface area contributed by atoms with Crippen molar-refractivity contribution in [2.75, 3.05) is 13.1 Å². The highest BCUT2D eigenvalue weighted by Crippen LogP contribution is 2.18. The van der Waals surface area contributed by atoms with E-state index in [-0.39, 0.29) is 11.3 Å². The van der Waals surface area contributed by atoms with Crippen LogP contribution in [-0.4, -0.2) is 29.9 Å². The number of nitrogens with two attached hydrogens (primary N) is 1. The van der Waals surface area contributed by atoms with Gasteiger partial charge in [-0.25, -0.2) is 0 Å². The molecule has 0 radical (unpaired) electrons. The minimum Gasteiger partial charge on any atom is -0.330 e. The van der Waals surface area contributed by atoms with Crippen LogP contribution in [0.1, 0.15) is 27.7 Å². The molecule has 0 aliphatic rings. The molecular formula is C11H20N2O. The molecule has 0 fully saturated rings. The lowest BCUT2D eigenvalue weighted by molar-refractivity contribution is -0.134. The van der Waals surface area contributed by atoms with Crippen LogP contribution >= 0.6 is 0 Å². The van der Waals surface area contributed by atoms with Crippen LogP contribution in [0, 0.1) is 17.8 Å². The molecule has 1 atom stereocenters. The minimum absolute atomic E-state index is 0.0713. The van der Waals surface area contributed by atoms with Gasteiger partial charge in [-0.1, -0.05) is 26.7 Å². The average molecular weight is 196 g/mol. The fourth-order valence-electron chi connectivity index (χ4n) is 1.02. The van der Waals surface area contributed by atoms with E-state index in [1.807, 2.05) is 27.7 Å². The number of likely N-dealkylation sites (N-methyl/N-ethyl adjacent to an activating group) is 1. The third kappa shape index (κ3) is 3.39. The van der Waals surface area contributed by atoms with Crippen molar-refractivity contribution in [2.45, 2.75) is 33.7 Å². The molecule has 0 aromatic heterocycles. The van der Waals surface area contributed by atoms with Crippen molar-refractivity contribution < 1.29 is 4.79 Å². The zero-order chi connectivity index (χ0) is 11.4. The van der Waals surface area contributed by atoms with Crippen molar-refractivity contribution >= 4 is 5.91 Å². The largest absolute Gasteiger partial charge is 0.330 e. The van der Waals surface area contributed by atoms with E-state index in [1.54, 1.807) is 4.90 Å². The maximum atomic E-state index is 11.8. The second-order valence-electron chi connectivity index (χ2n) is 4.40. The number of carbonyl (C=O) groups excluding carboxylic acids is 1. The summed E-state index contributed by atoms with van der Waals surface area (Å²) < 4.78 is 0.